The average Bonchev–Trinajstić information content (AvgIpc) is 3.07. The Balaban J connectivity index is 1.67. The molecule has 9 heteroatoms. The summed E-state index contributed by atoms with van der Waals surface area (Å²) in [5.41, 5.74) is 0.813. The number of anilines is 2. The zero-order chi connectivity index (χ0) is 17.2. The monoisotopic (exact) mass is 366 g/mol. The van der Waals surface area contributed by atoms with E-state index in [1.165, 1.54) is 30.7 Å². The second-order valence-corrected chi connectivity index (χ2v) is 8.31. The number of nitrogens with two attached hydrogens (primary N) is 1. The number of carbonyl (C=O) groups excluding carboxylic acids is 1. The van der Waals surface area contributed by atoms with Crippen LogP contribution in [0.2, 0.25) is 0 Å². The Kier molecular flexibility index (Phi) is 4.83. The van der Waals surface area contributed by atoms with Crippen molar-refractivity contribution in [1.82, 2.24) is 4.98 Å². The van der Waals surface area contributed by atoms with Gasteiger partial charge in [0.15, 0.2) is 0 Å². The van der Waals surface area contributed by atoms with Gasteiger partial charge in [-0.2, -0.15) is 0 Å². The van der Waals surface area contributed by atoms with Crippen LogP contribution in [0.1, 0.15) is 29.6 Å². The quantitative estimate of drug-likeness (QED) is 0.861. The Morgan fingerprint density at radius 1 is 1.25 bits per heavy atom. The molecule has 0 saturated carbocycles. The Hall–Kier alpha value is -1.97. The van der Waals surface area contributed by atoms with Gasteiger partial charge in [0.1, 0.15) is 10.0 Å². The molecule has 0 unspecified atom stereocenters. The highest BCUT2D eigenvalue weighted by Crippen LogP contribution is 2.21. The number of thiophene rings is 1. The predicted octanol–water partition coefficient (Wildman–Crippen LogP) is 2.03. The summed E-state index contributed by atoms with van der Waals surface area (Å²) in [6, 6.07) is 4.94. The summed E-state index contributed by atoms with van der Waals surface area (Å²) in [6.45, 7) is 2.01. The average molecular weight is 366 g/mol. The Bertz CT molecular complexity index is 825. The number of amides is 1. The van der Waals surface area contributed by atoms with Crippen molar-refractivity contribution in [2.45, 2.75) is 23.5 Å². The van der Waals surface area contributed by atoms with Crippen molar-refractivity contribution in [3.8, 4) is 0 Å². The molecule has 0 bridgehead atoms. The van der Waals surface area contributed by atoms with Gasteiger partial charge in [-0.05, 0) is 37.5 Å². The summed E-state index contributed by atoms with van der Waals surface area (Å²) in [4.78, 5) is 18.8. The standard InChI is InChI=1S/C15H18N4O3S2/c16-24(21,22)14-8-11(10-23-14)15(20)18-12-4-5-13(17-9-12)19-6-2-1-3-7-19/h4-5,8-10H,1-3,6-7H2,(H,18,20)(H2,16,21,22). The van der Waals surface area contributed by atoms with Crippen LogP contribution in [-0.2, 0) is 10.0 Å². The number of nitrogens with one attached hydrogen (secondary N) is 1. The van der Waals surface area contributed by atoms with Gasteiger partial charge in [0.05, 0.1) is 17.4 Å². The molecular weight excluding hydrogens is 348 g/mol. The van der Waals surface area contributed by atoms with Crippen LogP contribution in [-0.4, -0.2) is 32.4 Å². The van der Waals surface area contributed by atoms with Crippen molar-refractivity contribution in [3.63, 3.8) is 0 Å². The molecule has 7 nitrogen and oxygen atoms in total. The van der Waals surface area contributed by atoms with Gasteiger partial charge in [0.2, 0.25) is 10.0 Å². The number of piperidine rings is 1. The molecule has 0 aromatic carbocycles. The minimum atomic E-state index is -3.79. The third-order valence-electron chi connectivity index (χ3n) is 3.80. The number of pyridine rings is 1. The van der Waals surface area contributed by atoms with Crippen LogP contribution in [0.4, 0.5) is 11.5 Å². The number of nitrogens with zero attached hydrogens (tertiary/aromatic N) is 2. The Morgan fingerprint density at radius 2 is 2.00 bits per heavy atom. The normalized spacial score (nSPS) is 15.3. The van der Waals surface area contributed by atoms with Crippen LogP contribution in [0.15, 0.2) is 34.0 Å². The van der Waals surface area contributed by atoms with Crippen molar-refractivity contribution >= 4 is 38.8 Å². The number of rotatable bonds is 4. The predicted molar refractivity (Wildman–Crippen MR) is 93.9 cm³/mol. The molecule has 24 heavy (non-hydrogen) atoms. The number of hydrogen-bond acceptors (Lipinski definition) is 6. The van der Waals surface area contributed by atoms with Gasteiger partial charge < -0.3 is 10.2 Å². The summed E-state index contributed by atoms with van der Waals surface area (Å²) in [5, 5.41) is 9.21. The molecule has 0 aliphatic carbocycles. The topological polar surface area (TPSA) is 105 Å². The largest absolute Gasteiger partial charge is 0.357 e. The molecule has 1 saturated heterocycles. The van der Waals surface area contributed by atoms with Crippen LogP contribution < -0.4 is 15.4 Å². The fraction of sp³-hybridized carbons (Fsp3) is 0.333. The van der Waals surface area contributed by atoms with E-state index < -0.39 is 15.9 Å². The van der Waals surface area contributed by atoms with Gasteiger partial charge in [0, 0.05) is 18.5 Å². The first kappa shape index (κ1) is 16.9. The summed E-state index contributed by atoms with van der Waals surface area (Å²) in [5.74, 6) is 0.508. The Morgan fingerprint density at radius 3 is 2.58 bits per heavy atom. The van der Waals surface area contributed by atoms with Gasteiger partial charge in [-0.15, -0.1) is 11.3 Å². The molecule has 0 spiro atoms. The summed E-state index contributed by atoms with van der Waals surface area (Å²) >= 11 is 0.921. The van der Waals surface area contributed by atoms with Gasteiger partial charge >= 0.3 is 0 Å². The lowest BCUT2D eigenvalue weighted by atomic mass is 10.1. The van der Waals surface area contributed by atoms with Crippen molar-refractivity contribution in [1.29, 1.82) is 0 Å². The maximum Gasteiger partial charge on any atom is 0.256 e. The van der Waals surface area contributed by atoms with E-state index in [1.54, 1.807) is 12.3 Å². The number of aromatic nitrogens is 1. The Labute approximate surface area is 144 Å². The van der Waals surface area contributed by atoms with Crippen LogP contribution >= 0.6 is 11.3 Å². The lowest BCUT2D eigenvalue weighted by Crippen LogP contribution is -2.30. The number of carbonyl (C=O) groups is 1. The van der Waals surface area contributed by atoms with E-state index in [0.717, 1.165) is 30.2 Å². The molecule has 3 heterocycles. The van der Waals surface area contributed by atoms with E-state index in [2.05, 4.69) is 15.2 Å². The van der Waals surface area contributed by atoms with Crippen molar-refractivity contribution < 1.29 is 13.2 Å². The second kappa shape index (κ2) is 6.88. The number of hydrogen-bond donors (Lipinski definition) is 2. The van der Waals surface area contributed by atoms with Gasteiger partial charge in [-0.25, -0.2) is 18.5 Å². The highest BCUT2D eigenvalue weighted by molar-refractivity contribution is 7.91. The van der Waals surface area contributed by atoms with Crippen molar-refractivity contribution in [3.05, 3.63) is 35.3 Å². The van der Waals surface area contributed by atoms with Crippen LogP contribution in [0.3, 0.4) is 0 Å². The van der Waals surface area contributed by atoms with Gasteiger partial charge in [-0.1, -0.05) is 0 Å². The fourth-order valence-electron chi connectivity index (χ4n) is 2.56. The molecule has 1 amide bonds. The molecule has 2 aromatic heterocycles. The first-order chi connectivity index (χ1) is 11.4. The summed E-state index contributed by atoms with van der Waals surface area (Å²) in [6.07, 6.45) is 5.20. The van der Waals surface area contributed by atoms with Crippen LogP contribution in [0.5, 0.6) is 0 Å². The van der Waals surface area contributed by atoms with Crippen molar-refractivity contribution in [2.24, 2.45) is 5.14 Å². The van der Waals surface area contributed by atoms with E-state index in [4.69, 9.17) is 5.14 Å². The van der Waals surface area contributed by atoms with E-state index in [-0.39, 0.29) is 9.77 Å². The first-order valence-corrected chi connectivity index (χ1v) is 10.00. The lowest BCUT2D eigenvalue weighted by molar-refractivity contribution is 0.102. The third-order valence-corrected chi connectivity index (χ3v) is 6.19. The summed E-state index contributed by atoms with van der Waals surface area (Å²) in [7, 11) is -3.79. The molecular formula is C15H18N4O3S2. The molecule has 0 radical (unpaired) electrons. The molecule has 1 fully saturated rings. The molecule has 1 aliphatic rings. The maximum atomic E-state index is 12.2. The van der Waals surface area contributed by atoms with E-state index in [9.17, 15) is 13.2 Å². The highest BCUT2D eigenvalue weighted by atomic mass is 32.2. The third kappa shape index (κ3) is 3.92. The van der Waals surface area contributed by atoms with E-state index in [0.29, 0.717) is 5.69 Å². The minimum absolute atomic E-state index is 0.0359. The first-order valence-electron chi connectivity index (χ1n) is 7.57. The second-order valence-electron chi connectivity index (χ2n) is 5.61. The molecule has 2 aromatic rings. The molecule has 3 N–H and O–H groups in total. The van der Waals surface area contributed by atoms with Gasteiger partial charge in [-0.3, -0.25) is 4.79 Å². The molecule has 0 atom stereocenters. The van der Waals surface area contributed by atoms with Crippen molar-refractivity contribution in [2.75, 3.05) is 23.3 Å². The van der Waals surface area contributed by atoms with E-state index >= 15 is 0 Å². The molecule has 128 valence electrons. The zero-order valence-electron chi connectivity index (χ0n) is 12.9. The SMILES string of the molecule is NS(=O)(=O)c1cc(C(=O)Nc2ccc(N3CCCCC3)nc2)cs1. The number of primary sulfonamides is 1. The van der Waals surface area contributed by atoms with Crippen LogP contribution in [0.25, 0.3) is 0 Å². The fourth-order valence-corrected chi connectivity index (χ4v) is 4.14. The zero-order valence-corrected chi connectivity index (χ0v) is 14.6. The lowest BCUT2D eigenvalue weighted by Gasteiger charge is -2.27. The number of sulfonamides is 1. The highest BCUT2D eigenvalue weighted by Gasteiger charge is 2.16. The minimum Gasteiger partial charge on any atom is -0.357 e. The molecule has 1 aliphatic heterocycles. The molecule has 3 rings (SSSR count). The van der Waals surface area contributed by atoms with Gasteiger partial charge in [0.25, 0.3) is 5.91 Å². The summed E-state index contributed by atoms with van der Waals surface area (Å²) < 4.78 is 22.5. The van der Waals surface area contributed by atoms with E-state index in [1.807, 2.05) is 6.07 Å². The van der Waals surface area contributed by atoms with Crippen LogP contribution in [0, 0.1) is 0 Å². The maximum absolute atomic E-state index is 12.2. The smallest absolute Gasteiger partial charge is 0.256 e.